The number of aliphatic carboxylic acids is 1. The van der Waals surface area contributed by atoms with Crippen LogP contribution >= 0.6 is 0 Å². The zero-order valence-corrected chi connectivity index (χ0v) is 11.7. The van der Waals surface area contributed by atoms with E-state index in [-0.39, 0.29) is 4.31 Å². The predicted octanol–water partition coefficient (Wildman–Crippen LogP) is -0.257. The first kappa shape index (κ1) is 18.6. The van der Waals surface area contributed by atoms with Crippen LogP contribution in [0.15, 0.2) is 0 Å². The number of nitrogens with zero attached hydrogens (tertiary/aromatic N) is 2. The number of hydrogen-bond donors (Lipinski definition) is 1. The lowest BCUT2D eigenvalue weighted by Crippen LogP contribution is -2.45. The van der Waals surface area contributed by atoms with Gasteiger partial charge in [-0.1, -0.05) is 0 Å². The standard InChI is InChI=1S/C9H15F3N2O5S/c1-13(2)7(15)5-14(6-9(10,11)12)20(18,19)4-3-8(16)17/h3-6H2,1-2H3,(H,16,17). The van der Waals surface area contributed by atoms with Crippen LogP contribution in [0.5, 0.6) is 0 Å². The minimum atomic E-state index is -4.83. The predicted molar refractivity (Wildman–Crippen MR) is 62.4 cm³/mol. The molecular weight excluding hydrogens is 305 g/mol. The highest BCUT2D eigenvalue weighted by Gasteiger charge is 2.37. The molecule has 0 spiro atoms. The number of carboxylic acid groups (broad SMARTS) is 1. The van der Waals surface area contributed by atoms with Crippen molar-refractivity contribution in [1.29, 1.82) is 0 Å². The number of rotatable bonds is 7. The van der Waals surface area contributed by atoms with E-state index in [9.17, 15) is 31.2 Å². The number of likely N-dealkylation sites (N-methyl/N-ethyl adjacent to an activating group) is 1. The molecule has 0 aromatic carbocycles. The van der Waals surface area contributed by atoms with E-state index >= 15 is 0 Å². The van der Waals surface area contributed by atoms with Gasteiger partial charge >= 0.3 is 12.1 Å². The van der Waals surface area contributed by atoms with E-state index in [1.807, 2.05) is 0 Å². The molecule has 0 aliphatic rings. The van der Waals surface area contributed by atoms with Crippen molar-refractivity contribution in [1.82, 2.24) is 9.21 Å². The van der Waals surface area contributed by atoms with Crippen molar-refractivity contribution < 1.29 is 36.3 Å². The van der Waals surface area contributed by atoms with Gasteiger partial charge in [0.15, 0.2) is 0 Å². The monoisotopic (exact) mass is 320 g/mol. The third-order valence-corrected chi connectivity index (χ3v) is 3.90. The fourth-order valence-corrected chi connectivity index (χ4v) is 2.43. The molecule has 0 heterocycles. The molecule has 11 heteroatoms. The van der Waals surface area contributed by atoms with E-state index in [0.29, 0.717) is 0 Å². The second-order valence-corrected chi connectivity index (χ2v) is 6.22. The van der Waals surface area contributed by atoms with Gasteiger partial charge in [-0.2, -0.15) is 17.5 Å². The average molecular weight is 320 g/mol. The molecule has 0 saturated carbocycles. The van der Waals surface area contributed by atoms with Gasteiger partial charge in [0.25, 0.3) is 0 Å². The van der Waals surface area contributed by atoms with Crippen molar-refractivity contribution in [2.24, 2.45) is 0 Å². The highest BCUT2D eigenvalue weighted by atomic mass is 32.2. The molecule has 0 radical (unpaired) electrons. The summed E-state index contributed by atoms with van der Waals surface area (Å²) in [7, 11) is -1.97. The van der Waals surface area contributed by atoms with E-state index in [2.05, 4.69) is 0 Å². The van der Waals surface area contributed by atoms with E-state index < -0.39 is 53.3 Å². The molecule has 1 N–H and O–H groups in total. The molecule has 0 unspecified atom stereocenters. The second-order valence-electron chi connectivity index (χ2n) is 4.13. The number of carbonyl (C=O) groups excluding carboxylic acids is 1. The maximum atomic E-state index is 12.3. The highest BCUT2D eigenvalue weighted by molar-refractivity contribution is 7.89. The summed E-state index contributed by atoms with van der Waals surface area (Å²) in [6.45, 7) is -2.83. The minimum absolute atomic E-state index is 0.0573. The molecule has 118 valence electrons. The van der Waals surface area contributed by atoms with Crippen LogP contribution in [0.1, 0.15) is 6.42 Å². The van der Waals surface area contributed by atoms with Crippen molar-refractivity contribution in [2.75, 3.05) is 32.9 Å². The number of halogens is 3. The van der Waals surface area contributed by atoms with Gasteiger partial charge in [0.1, 0.15) is 6.54 Å². The number of alkyl halides is 3. The first-order valence-electron chi connectivity index (χ1n) is 5.31. The van der Waals surface area contributed by atoms with Gasteiger partial charge in [0, 0.05) is 14.1 Å². The Morgan fingerprint density at radius 2 is 1.70 bits per heavy atom. The summed E-state index contributed by atoms with van der Waals surface area (Å²) < 4.78 is 60.3. The topological polar surface area (TPSA) is 95.0 Å². The van der Waals surface area contributed by atoms with Crippen LogP contribution in [0.2, 0.25) is 0 Å². The Hall–Kier alpha value is -1.36. The van der Waals surface area contributed by atoms with Crippen molar-refractivity contribution in [3.8, 4) is 0 Å². The largest absolute Gasteiger partial charge is 0.481 e. The Morgan fingerprint density at radius 1 is 1.20 bits per heavy atom. The quantitative estimate of drug-likeness (QED) is 0.697. The Balaban J connectivity index is 5.10. The zero-order valence-electron chi connectivity index (χ0n) is 10.8. The minimum Gasteiger partial charge on any atom is -0.481 e. The summed E-state index contributed by atoms with van der Waals surface area (Å²) in [5, 5.41) is 8.38. The lowest BCUT2D eigenvalue weighted by atomic mass is 10.5. The molecule has 0 aromatic rings. The molecule has 0 aliphatic carbocycles. The van der Waals surface area contributed by atoms with Gasteiger partial charge in [-0.05, 0) is 0 Å². The summed E-state index contributed by atoms with van der Waals surface area (Å²) in [5.74, 6) is -3.30. The number of sulfonamides is 1. The van der Waals surface area contributed by atoms with Crippen molar-refractivity contribution >= 4 is 21.9 Å². The van der Waals surface area contributed by atoms with Gasteiger partial charge in [0.2, 0.25) is 15.9 Å². The fourth-order valence-electron chi connectivity index (χ4n) is 1.09. The molecule has 1 amide bonds. The molecule has 0 fully saturated rings. The molecular formula is C9H15F3N2O5S. The first-order chi connectivity index (χ1) is 8.85. The third-order valence-electron chi connectivity index (χ3n) is 2.13. The molecule has 0 rings (SSSR count). The molecule has 0 atom stereocenters. The normalized spacial score (nSPS) is 12.5. The maximum Gasteiger partial charge on any atom is 0.402 e. The average Bonchev–Trinajstić information content (AvgIpc) is 2.23. The van der Waals surface area contributed by atoms with Crippen molar-refractivity contribution in [3.05, 3.63) is 0 Å². The van der Waals surface area contributed by atoms with Crippen LogP contribution in [0, 0.1) is 0 Å². The van der Waals surface area contributed by atoms with Crippen LogP contribution in [0.3, 0.4) is 0 Å². The Bertz CT molecular complexity index is 461. The van der Waals surface area contributed by atoms with Gasteiger partial charge < -0.3 is 10.0 Å². The maximum absolute atomic E-state index is 12.3. The molecule has 20 heavy (non-hydrogen) atoms. The number of carboxylic acids is 1. The fraction of sp³-hybridized carbons (Fsp3) is 0.778. The van der Waals surface area contributed by atoms with E-state index in [1.165, 1.54) is 14.1 Å². The van der Waals surface area contributed by atoms with Crippen LogP contribution in [0.25, 0.3) is 0 Å². The third kappa shape index (κ3) is 7.28. The van der Waals surface area contributed by atoms with Gasteiger partial charge in [-0.3, -0.25) is 9.59 Å². The molecule has 0 aromatic heterocycles. The van der Waals surface area contributed by atoms with Crippen LogP contribution in [-0.4, -0.2) is 73.7 Å². The van der Waals surface area contributed by atoms with Crippen molar-refractivity contribution in [2.45, 2.75) is 12.6 Å². The Kier molecular flexibility index (Phi) is 6.41. The van der Waals surface area contributed by atoms with Crippen molar-refractivity contribution in [3.63, 3.8) is 0 Å². The van der Waals surface area contributed by atoms with Gasteiger partial charge in [0.05, 0.1) is 18.7 Å². The summed E-state index contributed by atoms with van der Waals surface area (Å²) in [6, 6.07) is 0. The summed E-state index contributed by atoms with van der Waals surface area (Å²) in [5.41, 5.74) is 0. The first-order valence-corrected chi connectivity index (χ1v) is 6.92. The summed E-state index contributed by atoms with van der Waals surface area (Å²) in [4.78, 5) is 22.6. The smallest absolute Gasteiger partial charge is 0.402 e. The molecule has 0 bridgehead atoms. The molecule has 0 aliphatic heterocycles. The SMILES string of the molecule is CN(C)C(=O)CN(CC(F)(F)F)S(=O)(=O)CCC(=O)O. The lowest BCUT2D eigenvalue weighted by Gasteiger charge is -2.24. The number of hydrogen-bond acceptors (Lipinski definition) is 4. The zero-order chi connectivity index (χ0) is 16.1. The van der Waals surface area contributed by atoms with E-state index in [4.69, 9.17) is 5.11 Å². The van der Waals surface area contributed by atoms with E-state index in [0.717, 1.165) is 4.90 Å². The van der Waals surface area contributed by atoms with E-state index in [1.54, 1.807) is 0 Å². The summed E-state index contributed by atoms with van der Waals surface area (Å²) in [6.07, 6.45) is -5.67. The molecule has 0 saturated heterocycles. The van der Waals surface area contributed by atoms with Crippen LogP contribution in [-0.2, 0) is 19.6 Å². The highest BCUT2D eigenvalue weighted by Crippen LogP contribution is 2.19. The lowest BCUT2D eigenvalue weighted by molar-refractivity contribution is -0.141. The number of carbonyl (C=O) groups is 2. The second kappa shape index (κ2) is 6.88. The van der Waals surface area contributed by atoms with Gasteiger partial charge in [-0.15, -0.1) is 0 Å². The molecule has 7 nitrogen and oxygen atoms in total. The van der Waals surface area contributed by atoms with Crippen LogP contribution < -0.4 is 0 Å². The Labute approximate surface area is 114 Å². The van der Waals surface area contributed by atoms with Crippen LogP contribution in [0.4, 0.5) is 13.2 Å². The Morgan fingerprint density at radius 3 is 2.05 bits per heavy atom. The summed E-state index contributed by atoms with van der Waals surface area (Å²) >= 11 is 0. The number of amides is 1. The van der Waals surface area contributed by atoms with Gasteiger partial charge in [-0.25, -0.2) is 8.42 Å².